The van der Waals surface area contributed by atoms with Gasteiger partial charge in [-0.1, -0.05) is 28.1 Å². The summed E-state index contributed by atoms with van der Waals surface area (Å²) in [5, 5.41) is 0. The normalized spacial score (nSPS) is 20.4. The standard InChI is InChI=1S/C15H20BrNO2/c1-19-11-12-4-3-7-17(9-12)10-15(18)13-5-2-6-14(16)8-13/h2,5-6,8,12H,3-4,7,9-11H2,1H3. The first-order chi connectivity index (χ1) is 9.19. The number of methoxy groups -OCH3 is 1. The molecule has 1 unspecified atom stereocenters. The van der Waals surface area contributed by atoms with E-state index in [9.17, 15) is 4.79 Å². The molecular weight excluding hydrogens is 306 g/mol. The van der Waals surface area contributed by atoms with Crippen LogP contribution in [0.15, 0.2) is 28.7 Å². The second-order valence-corrected chi connectivity index (χ2v) is 6.05. The molecule has 1 fully saturated rings. The number of nitrogens with zero attached hydrogens (tertiary/aromatic N) is 1. The zero-order chi connectivity index (χ0) is 13.7. The van der Waals surface area contributed by atoms with E-state index in [1.165, 1.54) is 6.42 Å². The van der Waals surface area contributed by atoms with E-state index in [1.807, 2.05) is 24.3 Å². The summed E-state index contributed by atoms with van der Waals surface area (Å²) in [6.07, 6.45) is 2.36. The molecule has 1 heterocycles. The lowest BCUT2D eigenvalue weighted by molar-refractivity contribution is 0.0758. The molecule has 1 aromatic rings. The van der Waals surface area contributed by atoms with E-state index in [0.717, 1.165) is 36.2 Å². The molecule has 19 heavy (non-hydrogen) atoms. The molecule has 0 aliphatic carbocycles. The number of ether oxygens (including phenoxy) is 1. The van der Waals surface area contributed by atoms with Crippen LogP contribution in [0.5, 0.6) is 0 Å². The molecule has 0 N–H and O–H groups in total. The van der Waals surface area contributed by atoms with Crippen molar-refractivity contribution < 1.29 is 9.53 Å². The number of benzene rings is 1. The van der Waals surface area contributed by atoms with E-state index < -0.39 is 0 Å². The van der Waals surface area contributed by atoms with Crippen LogP contribution in [0.4, 0.5) is 0 Å². The summed E-state index contributed by atoms with van der Waals surface area (Å²) in [5.41, 5.74) is 0.781. The van der Waals surface area contributed by atoms with Crippen molar-refractivity contribution in [2.45, 2.75) is 12.8 Å². The SMILES string of the molecule is COCC1CCCN(CC(=O)c2cccc(Br)c2)C1. The topological polar surface area (TPSA) is 29.5 Å². The number of ketones is 1. The van der Waals surface area contributed by atoms with Crippen molar-refractivity contribution in [3.63, 3.8) is 0 Å². The van der Waals surface area contributed by atoms with Crippen LogP contribution in [-0.4, -0.2) is 44.0 Å². The third-order valence-electron chi connectivity index (χ3n) is 3.52. The van der Waals surface area contributed by atoms with Crippen LogP contribution in [0.3, 0.4) is 0 Å². The molecule has 0 amide bonds. The Morgan fingerprint density at radius 2 is 2.37 bits per heavy atom. The van der Waals surface area contributed by atoms with Gasteiger partial charge in [0.1, 0.15) is 0 Å². The summed E-state index contributed by atoms with van der Waals surface area (Å²) >= 11 is 3.40. The molecule has 0 aromatic heterocycles. The number of Topliss-reactive ketones (excluding diaryl/α,β-unsaturated/α-hetero) is 1. The highest BCUT2D eigenvalue weighted by atomic mass is 79.9. The molecule has 1 atom stereocenters. The molecule has 0 spiro atoms. The monoisotopic (exact) mass is 325 g/mol. The summed E-state index contributed by atoms with van der Waals surface area (Å²) in [7, 11) is 1.74. The number of rotatable bonds is 5. The third-order valence-corrected chi connectivity index (χ3v) is 4.01. The fraction of sp³-hybridized carbons (Fsp3) is 0.533. The molecule has 0 radical (unpaired) electrons. The first-order valence-corrected chi connectivity index (χ1v) is 7.48. The van der Waals surface area contributed by atoms with Gasteiger partial charge in [-0.25, -0.2) is 0 Å². The molecule has 0 saturated carbocycles. The number of carbonyl (C=O) groups excluding carboxylic acids is 1. The number of likely N-dealkylation sites (tertiary alicyclic amines) is 1. The van der Waals surface area contributed by atoms with Crippen LogP contribution in [0.2, 0.25) is 0 Å². The smallest absolute Gasteiger partial charge is 0.176 e. The Bertz CT molecular complexity index is 434. The maximum Gasteiger partial charge on any atom is 0.176 e. The number of hydrogen-bond acceptors (Lipinski definition) is 3. The summed E-state index contributed by atoms with van der Waals surface area (Å²) < 4.78 is 6.17. The van der Waals surface area contributed by atoms with Crippen molar-refractivity contribution in [2.75, 3.05) is 33.4 Å². The van der Waals surface area contributed by atoms with Gasteiger partial charge in [0.2, 0.25) is 0 Å². The van der Waals surface area contributed by atoms with Gasteiger partial charge in [-0.05, 0) is 37.4 Å². The van der Waals surface area contributed by atoms with Gasteiger partial charge < -0.3 is 4.74 Å². The number of piperidine rings is 1. The molecule has 1 aliphatic rings. The highest BCUT2D eigenvalue weighted by molar-refractivity contribution is 9.10. The zero-order valence-electron chi connectivity index (χ0n) is 11.3. The summed E-state index contributed by atoms with van der Waals surface area (Å²) in [6.45, 7) is 3.28. The average Bonchev–Trinajstić information content (AvgIpc) is 2.39. The Labute approximate surface area is 123 Å². The summed E-state index contributed by atoms with van der Waals surface area (Å²) in [6, 6.07) is 7.61. The lowest BCUT2D eigenvalue weighted by atomic mass is 9.98. The number of hydrogen-bond donors (Lipinski definition) is 0. The molecule has 0 bridgehead atoms. The first kappa shape index (κ1) is 14.7. The average molecular weight is 326 g/mol. The first-order valence-electron chi connectivity index (χ1n) is 6.69. The molecule has 104 valence electrons. The van der Waals surface area contributed by atoms with E-state index in [2.05, 4.69) is 20.8 Å². The highest BCUT2D eigenvalue weighted by Gasteiger charge is 2.21. The van der Waals surface area contributed by atoms with Crippen LogP contribution in [0.25, 0.3) is 0 Å². The lowest BCUT2D eigenvalue weighted by Gasteiger charge is -2.31. The molecule has 1 aliphatic heterocycles. The minimum Gasteiger partial charge on any atom is -0.384 e. The van der Waals surface area contributed by atoms with Crippen molar-refractivity contribution in [1.82, 2.24) is 4.90 Å². The maximum absolute atomic E-state index is 12.2. The van der Waals surface area contributed by atoms with Crippen molar-refractivity contribution in [2.24, 2.45) is 5.92 Å². The van der Waals surface area contributed by atoms with Gasteiger partial charge >= 0.3 is 0 Å². The maximum atomic E-state index is 12.2. The predicted molar refractivity (Wildman–Crippen MR) is 79.5 cm³/mol. The molecule has 3 nitrogen and oxygen atoms in total. The molecule has 1 saturated heterocycles. The minimum atomic E-state index is 0.194. The van der Waals surface area contributed by atoms with Gasteiger partial charge in [0.05, 0.1) is 13.2 Å². The summed E-state index contributed by atoms with van der Waals surface area (Å²) in [5.74, 6) is 0.758. The fourth-order valence-electron chi connectivity index (χ4n) is 2.62. The van der Waals surface area contributed by atoms with Crippen LogP contribution in [0.1, 0.15) is 23.2 Å². The summed E-state index contributed by atoms with van der Waals surface area (Å²) in [4.78, 5) is 14.5. The van der Waals surface area contributed by atoms with E-state index in [1.54, 1.807) is 7.11 Å². The Hall–Kier alpha value is -0.710. The van der Waals surface area contributed by atoms with Crippen molar-refractivity contribution >= 4 is 21.7 Å². The fourth-order valence-corrected chi connectivity index (χ4v) is 3.02. The highest BCUT2D eigenvalue weighted by Crippen LogP contribution is 2.18. The second kappa shape index (κ2) is 7.17. The lowest BCUT2D eigenvalue weighted by Crippen LogP contribution is -2.40. The van der Waals surface area contributed by atoms with Gasteiger partial charge in [-0.3, -0.25) is 9.69 Å². The van der Waals surface area contributed by atoms with E-state index in [-0.39, 0.29) is 5.78 Å². The van der Waals surface area contributed by atoms with E-state index in [0.29, 0.717) is 12.5 Å². The Balaban J connectivity index is 1.91. The van der Waals surface area contributed by atoms with E-state index >= 15 is 0 Å². The molecular formula is C15H20BrNO2. The van der Waals surface area contributed by atoms with Gasteiger partial charge in [-0.2, -0.15) is 0 Å². The second-order valence-electron chi connectivity index (χ2n) is 5.13. The molecule has 2 rings (SSSR count). The van der Waals surface area contributed by atoms with Crippen molar-refractivity contribution in [3.8, 4) is 0 Å². The number of carbonyl (C=O) groups is 1. The third kappa shape index (κ3) is 4.41. The van der Waals surface area contributed by atoms with Gasteiger partial charge in [0.25, 0.3) is 0 Å². The van der Waals surface area contributed by atoms with Gasteiger partial charge in [-0.15, -0.1) is 0 Å². The Kier molecular flexibility index (Phi) is 5.55. The number of halogens is 1. The Morgan fingerprint density at radius 1 is 1.53 bits per heavy atom. The van der Waals surface area contributed by atoms with Crippen LogP contribution in [-0.2, 0) is 4.74 Å². The van der Waals surface area contributed by atoms with Crippen LogP contribution >= 0.6 is 15.9 Å². The molecule has 4 heteroatoms. The largest absolute Gasteiger partial charge is 0.384 e. The zero-order valence-corrected chi connectivity index (χ0v) is 12.9. The van der Waals surface area contributed by atoms with Crippen molar-refractivity contribution in [1.29, 1.82) is 0 Å². The van der Waals surface area contributed by atoms with Crippen LogP contribution in [0, 0.1) is 5.92 Å². The predicted octanol–water partition coefficient (Wildman–Crippen LogP) is 2.99. The quantitative estimate of drug-likeness (QED) is 0.779. The van der Waals surface area contributed by atoms with E-state index in [4.69, 9.17) is 4.74 Å². The van der Waals surface area contributed by atoms with Crippen LogP contribution < -0.4 is 0 Å². The van der Waals surface area contributed by atoms with Crippen molar-refractivity contribution in [3.05, 3.63) is 34.3 Å². The minimum absolute atomic E-state index is 0.194. The molecule has 1 aromatic carbocycles. The van der Waals surface area contributed by atoms with Gasteiger partial charge in [0.15, 0.2) is 5.78 Å². The van der Waals surface area contributed by atoms with Gasteiger partial charge in [0, 0.05) is 23.7 Å². The Morgan fingerprint density at radius 3 is 3.11 bits per heavy atom.